The maximum absolute atomic E-state index is 13.7. The third-order valence-corrected chi connectivity index (χ3v) is 7.57. The summed E-state index contributed by atoms with van der Waals surface area (Å²) in [6, 6.07) is 26.0. The monoisotopic (exact) mass is 582 g/mol. The van der Waals surface area contributed by atoms with E-state index in [1.54, 1.807) is 29.3 Å². The van der Waals surface area contributed by atoms with Gasteiger partial charge in [-0.2, -0.15) is 0 Å². The SMILES string of the molecule is O=C(CCOC(=O)N(c1ccccc1-c1ccccc1)N1CC[CH]CC1)N(C(=O)NCCNCC1CC1)c1ccccc1. The quantitative estimate of drug-likeness (QED) is 0.268. The maximum Gasteiger partial charge on any atom is 0.429 e. The summed E-state index contributed by atoms with van der Waals surface area (Å²) in [5.74, 6) is 0.294. The number of para-hydroxylation sites is 2. The molecule has 5 rings (SSSR count). The molecule has 0 bridgehead atoms. The van der Waals surface area contributed by atoms with Crippen molar-refractivity contribution in [3.8, 4) is 11.1 Å². The van der Waals surface area contributed by atoms with Crippen molar-refractivity contribution in [1.29, 1.82) is 0 Å². The molecule has 0 aromatic heterocycles. The summed E-state index contributed by atoms with van der Waals surface area (Å²) in [4.78, 5) is 41.3. The van der Waals surface area contributed by atoms with Crippen LogP contribution in [0.4, 0.5) is 21.0 Å². The van der Waals surface area contributed by atoms with E-state index in [1.807, 2.05) is 65.7 Å². The summed E-state index contributed by atoms with van der Waals surface area (Å²) in [5.41, 5.74) is 3.07. The lowest BCUT2D eigenvalue weighted by Gasteiger charge is -2.37. The zero-order valence-corrected chi connectivity index (χ0v) is 24.5. The van der Waals surface area contributed by atoms with Gasteiger partial charge in [0.25, 0.3) is 0 Å². The van der Waals surface area contributed by atoms with Gasteiger partial charge in [-0.05, 0) is 68.3 Å². The minimum atomic E-state index is -0.560. The standard InChI is InChI=1S/C34H40N5O4/c40-32(38(29-14-6-2-7-15-29)33(41)36-22-21-35-26-27-18-19-27)20-25-43-34(42)39(37-23-10-3-11-24-37)31-17-9-8-16-30(31)28-12-4-1-5-13-28/h1-9,12-17,27,35H,10-11,18-26H2,(H,36,41). The number of hydrogen-bond acceptors (Lipinski definition) is 6. The lowest BCUT2D eigenvalue weighted by Crippen LogP contribution is -2.50. The fourth-order valence-corrected chi connectivity index (χ4v) is 5.14. The summed E-state index contributed by atoms with van der Waals surface area (Å²) in [6.07, 6.45) is 5.74. The van der Waals surface area contributed by atoms with Gasteiger partial charge in [0.15, 0.2) is 0 Å². The predicted octanol–water partition coefficient (Wildman–Crippen LogP) is 5.64. The first-order valence-corrected chi connectivity index (χ1v) is 15.2. The van der Waals surface area contributed by atoms with Crippen molar-refractivity contribution in [2.75, 3.05) is 49.2 Å². The second kappa shape index (κ2) is 15.3. The van der Waals surface area contributed by atoms with E-state index < -0.39 is 18.0 Å². The topological polar surface area (TPSA) is 94.2 Å². The molecular weight excluding hydrogens is 542 g/mol. The number of hydrogen-bond donors (Lipinski definition) is 2. The van der Waals surface area contributed by atoms with Crippen LogP contribution in [0.25, 0.3) is 11.1 Å². The smallest absolute Gasteiger partial charge is 0.429 e. The average molecular weight is 583 g/mol. The molecule has 3 aromatic carbocycles. The molecule has 225 valence electrons. The van der Waals surface area contributed by atoms with Crippen molar-refractivity contribution in [2.24, 2.45) is 5.92 Å². The highest BCUT2D eigenvalue weighted by Crippen LogP contribution is 2.33. The number of rotatable bonds is 12. The van der Waals surface area contributed by atoms with Crippen LogP contribution in [0.3, 0.4) is 0 Å². The van der Waals surface area contributed by atoms with E-state index in [0.29, 0.717) is 37.6 Å². The first-order valence-electron chi connectivity index (χ1n) is 15.2. The van der Waals surface area contributed by atoms with Crippen LogP contribution >= 0.6 is 0 Å². The Morgan fingerprint density at radius 3 is 2.23 bits per heavy atom. The van der Waals surface area contributed by atoms with Gasteiger partial charge in [0.05, 0.1) is 17.8 Å². The van der Waals surface area contributed by atoms with Gasteiger partial charge in [0, 0.05) is 31.7 Å². The second-order valence-corrected chi connectivity index (χ2v) is 10.8. The number of nitrogens with zero attached hydrogens (tertiary/aromatic N) is 3. The van der Waals surface area contributed by atoms with Crippen LogP contribution in [0.15, 0.2) is 84.9 Å². The predicted molar refractivity (Wildman–Crippen MR) is 168 cm³/mol. The van der Waals surface area contributed by atoms with Crippen molar-refractivity contribution in [3.63, 3.8) is 0 Å². The highest BCUT2D eigenvalue weighted by Gasteiger charge is 2.29. The van der Waals surface area contributed by atoms with E-state index in [4.69, 9.17) is 4.74 Å². The summed E-state index contributed by atoms with van der Waals surface area (Å²) in [5, 5.41) is 9.76. The van der Waals surface area contributed by atoms with Gasteiger partial charge in [0.2, 0.25) is 5.91 Å². The molecule has 9 heteroatoms. The van der Waals surface area contributed by atoms with E-state index in [0.717, 1.165) is 41.3 Å². The molecule has 3 aromatic rings. The van der Waals surface area contributed by atoms with Crippen LogP contribution in [0.5, 0.6) is 0 Å². The number of ether oxygens (including phenoxy) is 1. The summed E-state index contributed by atoms with van der Waals surface area (Å²) < 4.78 is 5.73. The molecule has 0 spiro atoms. The molecule has 1 radical (unpaired) electrons. The Labute approximate surface area is 253 Å². The van der Waals surface area contributed by atoms with Crippen LogP contribution in [0, 0.1) is 12.3 Å². The minimum Gasteiger partial charge on any atom is -0.448 e. The first kappa shape index (κ1) is 30.3. The summed E-state index contributed by atoms with van der Waals surface area (Å²) in [6.45, 7) is 3.17. The van der Waals surface area contributed by atoms with Crippen molar-refractivity contribution in [2.45, 2.75) is 32.1 Å². The lowest BCUT2D eigenvalue weighted by molar-refractivity contribution is -0.118. The number of imide groups is 1. The molecule has 0 unspecified atom stereocenters. The van der Waals surface area contributed by atoms with Gasteiger partial charge in [-0.3, -0.25) is 4.79 Å². The number of urea groups is 1. The Morgan fingerprint density at radius 2 is 1.51 bits per heavy atom. The lowest BCUT2D eigenvalue weighted by atomic mass is 10.0. The zero-order valence-electron chi connectivity index (χ0n) is 24.5. The molecule has 1 saturated heterocycles. The number of carbonyl (C=O) groups excluding carboxylic acids is 3. The number of nitrogens with one attached hydrogen (secondary N) is 2. The van der Waals surface area contributed by atoms with Gasteiger partial charge in [-0.15, -0.1) is 0 Å². The zero-order chi connectivity index (χ0) is 29.9. The number of hydrazine groups is 1. The molecule has 1 aliphatic heterocycles. The molecule has 9 nitrogen and oxygen atoms in total. The number of carbonyl (C=O) groups is 3. The second-order valence-electron chi connectivity index (χ2n) is 10.8. The number of anilines is 2. The van der Waals surface area contributed by atoms with Crippen LogP contribution in [0.1, 0.15) is 32.1 Å². The molecular formula is C34H40N5O4. The molecule has 2 aliphatic rings. The Morgan fingerprint density at radius 1 is 0.837 bits per heavy atom. The third-order valence-electron chi connectivity index (χ3n) is 7.57. The van der Waals surface area contributed by atoms with Crippen molar-refractivity contribution >= 4 is 29.4 Å². The molecule has 1 heterocycles. The van der Waals surface area contributed by atoms with E-state index in [2.05, 4.69) is 17.1 Å². The highest BCUT2D eigenvalue weighted by molar-refractivity contribution is 6.14. The van der Waals surface area contributed by atoms with Crippen molar-refractivity contribution in [1.82, 2.24) is 15.6 Å². The number of benzene rings is 3. The van der Waals surface area contributed by atoms with E-state index in [1.165, 1.54) is 12.8 Å². The van der Waals surface area contributed by atoms with Crippen LogP contribution in [-0.2, 0) is 9.53 Å². The normalized spacial score (nSPS) is 15.0. The van der Waals surface area contributed by atoms with Gasteiger partial charge in [0.1, 0.15) is 6.61 Å². The van der Waals surface area contributed by atoms with E-state index in [9.17, 15) is 14.4 Å². The van der Waals surface area contributed by atoms with Gasteiger partial charge < -0.3 is 15.4 Å². The fraction of sp³-hybridized carbons (Fsp3) is 0.353. The molecule has 2 fully saturated rings. The largest absolute Gasteiger partial charge is 0.448 e. The van der Waals surface area contributed by atoms with E-state index >= 15 is 0 Å². The van der Waals surface area contributed by atoms with Gasteiger partial charge in [-0.25, -0.2) is 24.5 Å². The van der Waals surface area contributed by atoms with Crippen molar-refractivity contribution in [3.05, 3.63) is 91.3 Å². The molecule has 43 heavy (non-hydrogen) atoms. The Balaban J connectivity index is 1.25. The maximum atomic E-state index is 13.7. The van der Waals surface area contributed by atoms with Gasteiger partial charge in [-0.1, -0.05) is 66.7 Å². The van der Waals surface area contributed by atoms with Crippen molar-refractivity contribution < 1.29 is 19.1 Å². The average Bonchev–Trinajstić information content (AvgIpc) is 3.87. The summed E-state index contributed by atoms with van der Waals surface area (Å²) >= 11 is 0. The molecule has 4 amide bonds. The molecule has 1 aliphatic carbocycles. The fourth-order valence-electron chi connectivity index (χ4n) is 5.14. The van der Waals surface area contributed by atoms with Crippen LogP contribution in [-0.4, -0.2) is 62.4 Å². The first-order chi connectivity index (χ1) is 21.1. The Kier molecular flexibility index (Phi) is 10.8. The third kappa shape index (κ3) is 8.43. The molecule has 2 N–H and O–H groups in total. The highest BCUT2D eigenvalue weighted by atomic mass is 16.6. The number of piperidine rings is 1. The number of amides is 4. The Hall–Kier alpha value is -4.21. The van der Waals surface area contributed by atoms with Gasteiger partial charge >= 0.3 is 12.1 Å². The molecule has 0 atom stereocenters. The minimum absolute atomic E-state index is 0.143. The molecule has 1 saturated carbocycles. The van der Waals surface area contributed by atoms with Crippen LogP contribution < -0.4 is 20.5 Å². The van der Waals surface area contributed by atoms with E-state index in [-0.39, 0.29) is 13.0 Å². The van der Waals surface area contributed by atoms with Crippen LogP contribution in [0.2, 0.25) is 0 Å². The summed E-state index contributed by atoms with van der Waals surface area (Å²) in [7, 11) is 0. The Bertz CT molecular complexity index is 1340.